The molecule has 110 valence electrons. The molecule has 0 spiro atoms. The van der Waals surface area contributed by atoms with E-state index in [1.807, 2.05) is 12.1 Å². The van der Waals surface area contributed by atoms with Gasteiger partial charge in [0.05, 0.1) is 0 Å². The summed E-state index contributed by atoms with van der Waals surface area (Å²) < 4.78 is 10.7. The first kappa shape index (κ1) is 15.7. The minimum atomic E-state index is -0.714. The summed E-state index contributed by atoms with van der Waals surface area (Å²) in [5, 5.41) is 1.17. The van der Waals surface area contributed by atoms with Crippen LogP contribution in [-0.2, 0) is 16.1 Å². The van der Waals surface area contributed by atoms with Gasteiger partial charge in [-0.25, -0.2) is 4.79 Å². The summed E-state index contributed by atoms with van der Waals surface area (Å²) in [6.45, 7) is 1.75. The number of ether oxygens (including phenoxy) is 2. The molecule has 21 heavy (non-hydrogen) atoms. The van der Waals surface area contributed by atoms with E-state index in [2.05, 4.69) is 0 Å². The Bertz CT molecular complexity index is 611. The zero-order chi connectivity index (χ0) is 15.2. The Hall–Kier alpha value is -1.71. The van der Waals surface area contributed by atoms with E-state index in [9.17, 15) is 4.79 Å². The first-order valence-corrected chi connectivity index (χ1v) is 7.14. The summed E-state index contributed by atoms with van der Waals surface area (Å²) in [6.07, 6.45) is -0.714. The van der Waals surface area contributed by atoms with Crippen LogP contribution in [0.3, 0.4) is 0 Å². The lowest BCUT2D eigenvalue weighted by atomic mass is 10.2. The molecule has 0 saturated heterocycles. The Kier molecular flexibility index (Phi) is 5.48. The van der Waals surface area contributed by atoms with Gasteiger partial charge in [-0.15, -0.1) is 0 Å². The predicted molar refractivity (Wildman–Crippen MR) is 82.8 cm³/mol. The molecule has 2 aromatic carbocycles. The largest absolute Gasteiger partial charge is 0.479 e. The molecule has 0 aromatic heterocycles. The molecule has 0 aliphatic heterocycles. The molecule has 2 aromatic rings. The molecule has 0 radical (unpaired) electrons. The summed E-state index contributed by atoms with van der Waals surface area (Å²) in [4.78, 5) is 11.9. The highest BCUT2D eigenvalue weighted by atomic mass is 35.5. The minimum Gasteiger partial charge on any atom is -0.479 e. The van der Waals surface area contributed by atoms with E-state index in [4.69, 9.17) is 32.7 Å². The average molecular weight is 325 g/mol. The third kappa shape index (κ3) is 4.66. The normalized spacial score (nSPS) is 11.8. The van der Waals surface area contributed by atoms with E-state index in [1.54, 1.807) is 43.3 Å². The lowest BCUT2D eigenvalue weighted by Gasteiger charge is -2.14. The van der Waals surface area contributed by atoms with Gasteiger partial charge in [-0.2, -0.15) is 0 Å². The molecule has 0 fully saturated rings. The molecular formula is C16H14Cl2O3. The first-order chi connectivity index (χ1) is 10.1. The Morgan fingerprint density at radius 2 is 1.76 bits per heavy atom. The Labute approximate surface area is 133 Å². The van der Waals surface area contributed by atoms with E-state index in [0.717, 1.165) is 5.56 Å². The minimum absolute atomic E-state index is 0.118. The highest BCUT2D eigenvalue weighted by Crippen LogP contribution is 2.18. The quantitative estimate of drug-likeness (QED) is 0.759. The fourth-order valence-electron chi connectivity index (χ4n) is 1.65. The van der Waals surface area contributed by atoms with Crippen molar-refractivity contribution in [2.75, 3.05) is 0 Å². The molecule has 0 N–H and O–H groups in total. The number of hydrogen-bond acceptors (Lipinski definition) is 3. The molecule has 0 saturated carbocycles. The van der Waals surface area contributed by atoms with Crippen molar-refractivity contribution in [3.05, 3.63) is 64.1 Å². The summed E-state index contributed by atoms with van der Waals surface area (Å²) in [7, 11) is 0. The van der Waals surface area contributed by atoms with E-state index in [0.29, 0.717) is 15.8 Å². The molecule has 0 unspecified atom stereocenters. The third-order valence-electron chi connectivity index (χ3n) is 2.79. The molecule has 0 aliphatic carbocycles. The van der Waals surface area contributed by atoms with Gasteiger partial charge in [-0.05, 0) is 37.3 Å². The SMILES string of the molecule is C[C@@H](Oc1ccc(Cl)cc1)C(=O)OCc1ccccc1Cl. The van der Waals surface area contributed by atoms with Gasteiger partial charge >= 0.3 is 5.97 Å². The van der Waals surface area contributed by atoms with Gasteiger partial charge in [-0.1, -0.05) is 41.4 Å². The number of esters is 1. The van der Waals surface area contributed by atoms with Gasteiger partial charge in [0.2, 0.25) is 0 Å². The van der Waals surface area contributed by atoms with Crippen LogP contribution in [-0.4, -0.2) is 12.1 Å². The van der Waals surface area contributed by atoms with Crippen LogP contribution in [0.15, 0.2) is 48.5 Å². The summed E-state index contributed by atoms with van der Waals surface area (Å²) in [5.41, 5.74) is 0.756. The zero-order valence-electron chi connectivity index (χ0n) is 11.4. The van der Waals surface area contributed by atoms with Crippen LogP contribution < -0.4 is 4.74 Å². The molecule has 5 heteroatoms. The zero-order valence-corrected chi connectivity index (χ0v) is 12.9. The number of carbonyl (C=O) groups is 1. The van der Waals surface area contributed by atoms with Crippen LogP contribution in [0.1, 0.15) is 12.5 Å². The highest BCUT2D eigenvalue weighted by molar-refractivity contribution is 6.31. The van der Waals surface area contributed by atoms with E-state index >= 15 is 0 Å². The van der Waals surface area contributed by atoms with Crippen molar-refractivity contribution in [1.82, 2.24) is 0 Å². The van der Waals surface area contributed by atoms with E-state index in [1.165, 1.54) is 0 Å². The molecule has 0 heterocycles. The molecule has 3 nitrogen and oxygen atoms in total. The van der Waals surface area contributed by atoms with Gasteiger partial charge in [-0.3, -0.25) is 0 Å². The van der Waals surface area contributed by atoms with Crippen molar-refractivity contribution in [2.45, 2.75) is 19.6 Å². The maximum absolute atomic E-state index is 11.9. The molecule has 0 bridgehead atoms. The fraction of sp³-hybridized carbons (Fsp3) is 0.188. The summed E-state index contributed by atoms with van der Waals surface area (Å²) in [5.74, 6) is 0.103. The van der Waals surface area contributed by atoms with Gasteiger partial charge < -0.3 is 9.47 Å². The van der Waals surface area contributed by atoms with Crippen molar-refractivity contribution in [1.29, 1.82) is 0 Å². The van der Waals surface area contributed by atoms with E-state index < -0.39 is 12.1 Å². The average Bonchev–Trinajstić information content (AvgIpc) is 2.48. The summed E-state index contributed by atoms with van der Waals surface area (Å²) >= 11 is 11.8. The standard InChI is InChI=1S/C16H14Cl2O3/c1-11(21-14-8-6-13(17)7-9-14)16(19)20-10-12-4-2-3-5-15(12)18/h2-9,11H,10H2,1H3/t11-/m1/s1. The van der Waals surface area contributed by atoms with Gasteiger partial charge in [0, 0.05) is 15.6 Å². The van der Waals surface area contributed by atoms with Gasteiger partial charge in [0.1, 0.15) is 12.4 Å². The van der Waals surface area contributed by atoms with Gasteiger partial charge in [0.25, 0.3) is 0 Å². The number of hydrogen-bond donors (Lipinski definition) is 0. The third-order valence-corrected chi connectivity index (χ3v) is 3.41. The van der Waals surface area contributed by atoms with Crippen LogP contribution in [0.4, 0.5) is 0 Å². The van der Waals surface area contributed by atoms with Crippen LogP contribution in [0.25, 0.3) is 0 Å². The number of carbonyl (C=O) groups excluding carboxylic acids is 1. The van der Waals surface area contributed by atoms with Crippen LogP contribution in [0.5, 0.6) is 5.75 Å². The smallest absolute Gasteiger partial charge is 0.347 e. The predicted octanol–water partition coefficient (Wildman–Crippen LogP) is 4.50. The molecule has 0 aliphatic rings. The molecular weight excluding hydrogens is 311 g/mol. The van der Waals surface area contributed by atoms with Gasteiger partial charge in [0.15, 0.2) is 6.10 Å². The second kappa shape index (κ2) is 7.34. The monoisotopic (exact) mass is 324 g/mol. The maximum Gasteiger partial charge on any atom is 0.347 e. The first-order valence-electron chi connectivity index (χ1n) is 6.38. The Balaban J connectivity index is 1.88. The molecule has 2 rings (SSSR count). The van der Waals surface area contributed by atoms with Crippen LogP contribution >= 0.6 is 23.2 Å². The number of halogens is 2. The maximum atomic E-state index is 11.9. The Morgan fingerprint density at radius 3 is 2.43 bits per heavy atom. The fourth-order valence-corrected chi connectivity index (χ4v) is 1.96. The van der Waals surface area contributed by atoms with Crippen molar-refractivity contribution in [3.8, 4) is 5.75 Å². The van der Waals surface area contributed by atoms with Crippen molar-refractivity contribution in [3.63, 3.8) is 0 Å². The lowest BCUT2D eigenvalue weighted by molar-refractivity contribution is -0.152. The van der Waals surface area contributed by atoms with Crippen molar-refractivity contribution in [2.24, 2.45) is 0 Å². The summed E-state index contributed by atoms with van der Waals surface area (Å²) in [6, 6.07) is 14.0. The molecule has 0 amide bonds. The Morgan fingerprint density at radius 1 is 1.10 bits per heavy atom. The number of benzene rings is 2. The van der Waals surface area contributed by atoms with Crippen LogP contribution in [0, 0.1) is 0 Å². The number of rotatable bonds is 5. The lowest BCUT2D eigenvalue weighted by Crippen LogP contribution is -2.26. The van der Waals surface area contributed by atoms with Crippen molar-refractivity contribution >= 4 is 29.2 Å². The second-order valence-electron chi connectivity index (χ2n) is 4.41. The topological polar surface area (TPSA) is 35.5 Å². The molecule has 1 atom stereocenters. The van der Waals surface area contributed by atoms with E-state index in [-0.39, 0.29) is 6.61 Å². The second-order valence-corrected chi connectivity index (χ2v) is 5.26. The van der Waals surface area contributed by atoms with Crippen molar-refractivity contribution < 1.29 is 14.3 Å². The van der Waals surface area contributed by atoms with Crippen LogP contribution in [0.2, 0.25) is 10.0 Å². The highest BCUT2D eigenvalue weighted by Gasteiger charge is 2.16.